The van der Waals surface area contributed by atoms with Gasteiger partial charge >= 0.3 is 0 Å². The SMILES string of the molecule is CCNC(=NCCCOCC(C)C)N(C)Cc1csc(C)n1. The molecule has 0 saturated carbocycles. The number of ether oxygens (including phenoxy) is 1. The molecule has 1 aromatic heterocycles. The number of thiazole rings is 1. The van der Waals surface area contributed by atoms with Gasteiger partial charge in [0.1, 0.15) is 0 Å². The molecule has 0 saturated heterocycles. The van der Waals surface area contributed by atoms with E-state index in [4.69, 9.17) is 4.74 Å². The molecule has 22 heavy (non-hydrogen) atoms. The van der Waals surface area contributed by atoms with E-state index in [2.05, 4.69) is 46.3 Å². The number of rotatable bonds is 9. The van der Waals surface area contributed by atoms with Crippen LogP contribution in [-0.4, -0.2) is 49.2 Å². The van der Waals surface area contributed by atoms with Crippen LogP contribution in [-0.2, 0) is 11.3 Å². The second-order valence-electron chi connectivity index (χ2n) is 5.77. The molecule has 0 aliphatic heterocycles. The van der Waals surface area contributed by atoms with Crippen LogP contribution in [0.15, 0.2) is 10.4 Å². The van der Waals surface area contributed by atoms with Crippen LogP contribution in [0.4, 0.5) is 0 Å². The molecular weight excluding hydrogens is 296 g/mol. The van der Waals surface area contributed by atoms with Crippen molar-refractivity contribution in [3.63, 3.8) is 0 Å². The van der Waals surface area contributed by atoms with Gasteiger partial charge in [-0.15, -0.1) is 11.3 Å². The van der Waals surface area contributed by atoms with Crippen LogP contribution in [0.1, 0.15) is 37.9 Å². The number of hydrogen-bond acceptors (Lipinski definition) is 4. The molecule has 0 aromatic carbocycles. The van der Waals surface area contributed by atoms with E-state index >= 15 is 0 Å². The highest BCUT2D eigenvalue weighted by Gasteiger charge is 2.08. The molecule has 0 unspecified atom stereocenters. The highest BCUT2D eigenvalue weighted by atomic mass is 32.1. The fourth-order valence-electron chi connectivity index (χ4n) is 1.94. The number of nitrogens with zero attached hydrogens (tertiary/aromatic N) is 3. The van der Waals surface area contributed by atoms with E-state index in [1.54, 1.807) is 11.3 Å². The summed E-state index contributed by atoms with van der Waals surface area (Å²) in [6, 6.07) is 0. The van der Waals surface area contributed by atoms with Gasteiger partial charge in [0.15, 0.2) is 5.96 Å². The molecule has 0 atom stereocenters. The van der Waals surface area contributed by atoms with E-state index in [1.165, 1.54) is 0 Å². The molecular formula is C16H30N4OS. The largest absolute Gasteiger partial charge is 0.381 e. The third-order valence-electron chi connectivity index (χ3n) is 2.92. The minimum Gasteiger partial charge on any atom is -0.381 e. The molecule has 6 heteroatoms. The van der Waals surface area contributed by atoms with Crippen LogP contribution >= 0.6 is 11.3 Å². The monoisotopic (exact) mass is 326 g/mol. The van der Waals surface area contributed by atoms with E-state index in [0.717, 1.165) is 55.9 Å². The Labute approximate surface area is 138 Å². The lowest BCUT2D eigenvalue weighted by Gasteiger charge is -2.21. The number of aliphatic imine (C=N–C) groups is 1. The Morgan fingerprint density at radius 1 is 1.50 bits per heavy atom. The van der Waals surface area contributed by atoms with Crippen molar-refractivity contribution in [1.29, 1.82) is 0 Å². The molecule has 0 aliphatic rings. The van der Waals surface area contributed by atoms with Crippen molar-refractivity contribution < 1.29 is 4.74 Å². The first-order chi connectivity index (χ1) is 10.5. The lowest BCUT2D eigenvalue weighted by atomic mass is 10.2. The molecule has 0 fully saturated rings. The normalized spacial score (nSPS) is 12.0. The topological polar surface area (TPSA) is 49.8 Å². The van der Waals surface area contributed by atoms with E-state index in [1.807, 2.05) is 14.0 Å². The van der Waals surface area contributed by atoms with Gasteiger partial charge < -0.3 is 15.0 Å². The second-order valence-corrected chi connectivity index (χ2v) is 6.83. The minimum atomic E-state index is 0.591. The standard InChI is InChI=1S/C16H30N4OS/c1-6-17-16(18-8-7-9-21-11-13(2)3)20(5)10-15-12-22-14(4)19-15/h12-13H,6-11H2,1-5H3,(H,17,18). The molecule has 0 radical (unpaired) electrons. The Bertz CT molecular complexity index is 445. The predicted molar refractivity (Wildman–Crippen MR) is 94.6 cm³/mol. The molecule has 0 spiro atoms. The van der Waals surface area contributed by atoms with Crippen molar-refractivity contribution in [2.24, 2.45) is 10.9 Å². The fourth-order valence-corrected chi connectivity index (χ4v) is 2.54. The maximum atomic E-state index is 5.58. The Balaban J connectivity index is 2.40. The zero-order valence-corrected chi connectivity index (χ0v) is 15.4. The van der Waals surface area contributed by atoms with E-state index in [9.17, 15) is 0 Å². The first-order valence-electron chi connectivity index (χ1n) is 8.01. The second kappa shape index (κ2) is 10.6. The van der Waals surface area contributed by atoms with Crippen LogP contribution in [0, 0.1) is 12.8 Å². The van der Waals surface area contributed by atoms with E-state index < -0.39 is 0 Å². The lowest BCUT2D eigenvalue weighted by Crippen LogP contribution is -2.38. The lowest BCUT2D eigenvalue weighted by molar-refractivity contribution is 0.109. The van der Waals surface area contributed by atoms with Gasteiger partial charge in [0, 0.05) is 38.7 Å². The Morgan fingerprint density at radius 3 is 2.86 bits per heavy atom. The molecule has 126 valence electrons. The van der Waals surface area contributed by atoms with Gasteiger partial charge in [0.2, 0.25) is 0 Å². The molecule has 0 bridgehead atoms. The zero-order valence-electron chi connectivity index (χ0n) is 14.6. The number of hydrogen-bond donors (Lipinski definition) is 1. The van der Waals surface area contributed by atoms with Gasteiger partial charge in [-0.1, -0.05) is 13.8 Å². The van der Waals surface area contributed by atoms with Crippen LogP contribution in [0.2, 0.25) is 0 Å². The van der Waals surface area contributed by atoms with Crippen LogP contribution in [0.3, 0.4) is 0 Å². The highest BCUT2D eigenvalue weighted by molar-refractivity contribution is 7.09. The predicted octanol–water partition coefficient (Wildman–Crippen LogP) is 2.91. The van der Waals surface area contributed by atoms with Gasteiger partial charge in [-0.25, -0.2) is 4.98 Å². The molecule has 1 heterocycles. The molecule has 0 amide bonds. The van der Waals surface area contributed by atoms with Gasteiger partial charge in [-0.05, 0) is 26.2 Å². The number of aryl methyl sites for hydroxylation is 1. The minimum absolute atomic E-state index is 0.591. The van der Waals surface area contributed by atoms with Gasteiger partial charge in [-0.2, -0.15) is 0 Å². The summed E-state index contributed by atoms with van der Waals surface area (Å²) in [5, 5.41) is 6.54. The first-order valence-corrected chi connectivity index (χ1v) is 8.89. The average molecular weight is 327 g/mol. The maximum absolute atomic E-state index is 5.58. The van der Waals surface area contributed by atoms with Crippen LogP contribution in [0.5, 0.6) is 0 Å². The molecule has 1 N–H and O–H groups in total. The maximum Gasteiger partial charge on any atom is 0.194 e. The van der Waals surface area contributed by atoms with Gasteiger partial charge in [0.05, 0.1) is 17.2 Å². The quantitative estimate of drug-likeness (QED) is 0.431. The fraction of sp³-hybridized carbons (Fsp3) is 0.750. The van der Waals surface area contributed by atoms with Gasteiger partial charge in [-0.3, -0.25) is 4.99 Å². The van der Waals surface area contributed by atoms with Gasteiger partial charge in [0.25, 0.3) is 0 Å². The molecule has 5 nitrogen and oxygen atoms in total. The molecule has 0 aliphatic carbocycles. The van der Waals surface area contributed by atoms with Crippen molar-refractivity contribution in [2.75, 3.05) is 33.4 Å². The van der Waals surface area contributed by atoms with Crippen LogP contribution in [0.25, 0.3) is 0 Å². The number of guanidine groups is 1. The molecule has 1 rings (SSSR count). The van der Waals surface area contributed by atoms with Crippen molar-refractivity contribution in [1.82, 2.24) is 15.2 Å². The van der Waals surface area contributed by atoms with E-state index in [-0.39, 0.29) is 0 Å². The average Bonchev–Trinajstić information content (AvgIpc) is 2.86. The number of aromatic nitrogens is 1. The molecule has 1 aromatic rings. The third-order valence-corrected chi connectivity index (χ3v) is 3.74. The summed E-state index contributed by atoms with van der Waals surface area (Å²) < 4.78 is 5.58. The first kappa shape index (κ1) is 18.9. The Morgan fingerprint density at radius 2 is 2.27 bits per heavy atom. The smallest absolute Gasteiger partial charge is 0.194 e. The summed E-state index contributed by atoms with van der Waals surface area (Å²) in [5.41, 5.74) is 1.09. The summed E-state index contributed by atoms with van der Waals surface area (Å²) in [6.07, 6.45) is 0.950. The van der Waals surface area contributed by atoms with Crippen molar-refractivity contribution in [2.45, 2.75) is 40.7 Å². The van der Waals surface area contributed by atoms with Crippen molar-refractivity contribution >= 4 is 17.3 Å². The Kier molecular flexibility index (Phi) is 9.08. The highest BCUT2D eigenvalue weighted by Crippen LogP contribution is 2.09. The van der Waals surface area contributed by atoms with E-state index in [0.29, 0.717) is 5.92 Å². The number of nitrogens with one attached hydrogen (secondary N) is 1. The van der Waals surface area contributed by atoms with Crippen LogP contribution < -0.4 is 5.32 Å². The Hall–Kier alpha value is -1.14. The summed E-state index contributed by atoms with van der Waals surface area (Å²) in [4.78, 5) is 11.3. The summed E-state index contributed by atoms with van der Waals surface area (Å²) in [5.74, 6) is 1.52. The summed E-state index contributed by atoms with van der Waals surface area (Å²) in [7, 11) is 2.05. The third kappa shape index (κ3) is 7.75. The van der Waals surface area contributed by atoms with Crippen molar-refractivity contribution in [3.05, 3.63) is 16.1 Å². The summed E-state index contributed by atoms with van der Waals surface area (Å²) in [6.45, 7) is 12.5. The summed E-state index contributed by atoms with van der Waals surface area (Å²) >= 11 is 1.69. The van der Waals surface area contributed by atoms with Crippen molar-refractivity contribution in [3.8, 4) is 0 Å². The zero-order chi connectivity index (χ0) is 16.4.